The van der Waals surface area contributed by atoms with Crippen LogP contribution in [0.3, 0.4) is 0 Å². The van der Waals surface area contributed by atoms with E-state index < -0.39 is 0 Å². The molecule has 0 saturated carbocycles. The third-order valence-electron chi connectivity index (χ3n) is 2.62. The average molecular weight is 198 g/mol. The van der Waals surface area contributed by atoms with Gasteiger partial charge in [-0.2, -0.15) is 0 Å². The second-order valence-electron chi connectivity index (χ2n) is 3.59. The Kier molecular flexibility index (Phi) is 2.72. The third kappa shape index (κ3) is 2.01. The van der Waals surface area contributed by atoms with Gasteiger partial charge in [0, 0.05) is 11.5 Å². The van der Waals surface area contributed by atoms with Crippen molar-refractivity contribution in [3.8, 4) is 5.75 Å². The fraction of sp³-hybridized carbons (Fsp3) is 0.143. The number of hydrogen-bond acceptors (Lipinski definition) is 1. The quantitative estimate of drug-likeness (QED) is 0.731. The predicted molar refractivity (Wildman–Crippen MR) is 62.9 cm³/mol. The second kappa shape index (κ2) is 4.18. The number of para-hydroxylation sites is 1. The number of aromatic hydroxyl groups is 1. The van der Waals surface area contributed by atoms with E-state index in [2.05, 4.69) is 30.4 Å². The van der Waals surface area contributed by atoms with Gasteiger partial charge in [-0.3, -0.25) is 0 Å². The van der Waals surface area contributed by atoms with Crippen molar-refractivity contribution in [3.05, 3.63) is 65.8 Å². The molecule has 0 heterocycles. The first-order valence-corrected chi connectivity index (χ1v) is 5.12. The molecule has 0 unspecified atom stereocenters. The summed E-state index contributed by atoms with van der Waals surface area (Å²) in [6.07, 6.45) is 10.4. The fourth-order valence-electron chi connectivity index (χ4n) is 1.72. The zero-order valence-corrected chi connectivity index (χ0v) is 8.72. The molecule has 76 valence electrons. The van der Waals surface area contributed by atoms with Gasteiger partial charge in [-0.15, -0.1) is 0 Å². The van der Waals surface area contributed by atoms with Crippen LogP contribution in [-0.2, 0) is 0 Å². The van der Waals surface area contributed by atoms with Gasteiger partial charge in [0.05, 0.1) is 0 Å². The van der Waals surface area contributed by atoms with E-state index in [-0.39, 0.29) is 5.92 Å². The Hall–Kier alpha value is -1.76. The Morgan fingerprint density at radius 1 is 1.13 bits per heavy atom. The van der Waals surface area contributed by atoms with Crippen LogP contribution in [0.1, 0.15) is 18.4 Å². The summed E-state index contributed by atoms with van der Waals surface area (Å²) in [5.41, 5.74) is 2.17. The highest BCUT2D eigenvalue weighted by Crippen LogP contribution is 2.30. The molecule has 0 bridgehead atoms. The average Bonchev–Trinajstić information content (AvgIpc) is 2.30. The van der Waals surface area contributed by atoms with Crippen molar-refractivity contribution in [2.24, 2.45) is 0 Å². The van der Waals surface area contributed by atoms with E-state index in [0.717, 1.165) is 5.56 Å². The van der Waals surface area contributed by atoms with Crippen molar-refractivity contribution in [2.75, 3.05) is 0 Å². The minimum Gasteiger partial charge on any atom is -0.508 e. The van der Waals surface area contributed by atoms with Gasteiger partial charge in [0.15, 0.2) is 0 Å². The molecule has 0 fully saturated rings. The number of rotatable bonds is 1. The van der Waals surface area contributed by atoms with Gasteiger partial charge in [-0.1, -0.05) is 48.6 Å². The monoisotopic (exact) mass is 198 g/mol. The summed E-state index contributed by atoms with van der Waals surface area (Å²) in [6, 6.07) is 7.46. The van der Waals surface area contributed by atoms with Gasteiger partial charge < -0.3 is 5.11 Å². The number of allylic oxidation sites excluding steroid dienone is 6. The van der Waals surface area contributed by atoms with Crippen molar-refractivity contribution in [3.63, 3.8) is 0 Å². The Labute approximate surface area is 90.1 Å². The molecule has 1 aliphatic rings. The largest absolute Gasteiger partial charge is 0.508 e. The van der Waals surface area contributed by atoms with Gasteiger partial charge in [-0.25, -0.2) is 0 Å². The van der Waals surface area contributed by atoms with Crippen molar-refractivity contribution in [1.82, 2.24) is 0 Å². The van der Waals surface area contributed by atoms with Gasteiger partial charge in [-0.05, 0) is 18.6 Å². The van der Waals surface area contributed by atoms with Crippen LogP contribution in [0, 0.1) is 0 Å². The molecule has 1 aliphatic carbocycles. The van der Waals surface area contributed by atoms with E-state index in [4.69, 9.17) is 0 Å². The van der Waals surface area contributed by atoms with Crippen LogP contribution in [-0.4, -0.2) is 5.11 Å². The van der Waals surface area contributed by atoms with Crippen LogP contribution in [0.5, 0.6) is 5.75 Å². The van der Waals surface area contributed by atoms with Gasteiger partial charge in [0.2, 0.25) is 0 Å². The summed E-state index contributed by atoms with van der Waals surface area (Å²) in [4.78, 5) is 0. The lowest BCUT2D eigenvalue weighted by atomic mass is 9.92. The minimum absolute atomic E-state index is 0.190. The van der Waals surface area contributed by atoms with Crippen LogP contribution in [0.4, 0.5) is 0 Å². The van der Waals surface area contributed by atoms with Crippen LogP contribution in [0.25, 0.3) is 0 Å². The zero-order chi connectivity index (χ0) is 10.7. The van der Waals surface area contributed by atoms with Crippen LogP contribution in [0.2, 0.25) is 0 Å². The lowest BCUT2D eigenvalue weighted by Crippen LogP contribution is -1.95. The molecule has 0 radical (unpaired) electrons. The van der Waals surface area contributed by atoms with Crippen LogP contribution >= 0.6 is 0 Å². The summed E-state index contributed by atoms with van der Waals surface area (Å²) >= 11 is 0. The molecule has 1 aromatic carbocycles. The van der Waals surface area contributed by atoms with E-state index >= 15 is 0 Å². The maximum atomic E-state index is 9.70. The molecule has 1 heteroatoms. The van der Waals surface area contributed by atoms with E-state index in [0.29, 0.717) is 5.75 Å². The van der Waals surface area contributed by atoms with Crippen molar-refractivity contribution >= 4 is 0 Å². The van der Waals surface area contributed by atoms with Crippen LogP contribution in [0.15, 0.2) is 60.2 Å². The number of phenolic OH excluding ortho intramolecular Hbond substituents is 1. The Morgan fingerprint density at radius 3 is 2.40 bits per heavy atom. The fourth-order valence-corrected chi connectivity index (χ4v) is 1.72. The lowest BCUT2D eigenvalue weighted by Gasteiger charge is -2.13. The maximum Gasteiger partial charge on any atom is 0.119 e. The summed E-state index contributed by atoms with van der Waals surface area (Å²) in [5, 5.41) is 9.70. The molecule has 0 aromatic heterocycles. The third-order valence-corrected chi connectivity index (χ3v) is 2.62. The number of phenols is 1. The Bertz CT molecular complexity index is 422. The van der Waals surface area contributed by atoms with Crippen molar-refractivity contribution in [2.45, 2.75) is 12.8 Å². The number of benzene rings is 1. The molecule has 0 aliphatic heterocycles. The first-order chi connectivity index (χ1) is 7.31. The molecule has 0 atom stereocenters. The highest BCUT2D eigenvalue weighted by Gasteiger charge is 2.10. The van der Waals surface area contributed by atoms with Gasteiger partial charge >= 0.3 is 0 Å². The maximum absolute atomic E-state index is 9.70. The molecule has 0 spiro atoms. The molecule has 15 heavy (non-hydrogen) atoms. The SMILES string of the molecule is CC=C1C=CC(c2ccccc2O)C=C1. The van der Waals surface area contributed by atoms with E-state index in [1.165, 1.54) is 5.57 Å². The van der Waals surface area contributed by atoms with Crippen molar-refractivity contribution in [1.29, 1.82) is 0 Å². The number of hydrogen-bond donors (Lipinski definition) is 1. The summed E-state index contributed by atoms with van der Waals surface area (Å²) in [5.74, 6) is 0.552. The predicted octanol–water partition coefficient (Wildman–Crippen LogP) is 3.55. The summed E-state index contributed by atoms with van der Waals surface area (Å²) < 4.78 is 0. The summed E-state index contributed by atoms with van der Waals surface area (Å²) in [6.45, 7) is 2.02. The topological polar surface area (TPSA) is 20.2 Å². The molecule has 1 N–H and O–H groups in total. The van der Waals surface area contributed by atoms with Crippen molar-refractivity contribution < 1.29 is 5.11 Å². The highest BCUT2D eigenvalue weighted by molar-refractivity contribution is 5.46. The molecule has 2 rings (SSSR count). The summed E-state index contributed by atoms with van der Waals surface area (Å²) in [7, 11) is 0. The molecule has 0 saturated heterocycles. The Morgan fingerprint density at radius 2 is 1.80 bits per heavy atom. The van der Waals surface area contributed by atoms with Gasteiger partial charge in [0.1, 0.15) is 5.75 Å². The molecule has 1 aromatic rings. The normalized spacial score (nSPS) is 19.3. The lowest BCUT2D eigenvalue weighted by molar-refractivity contribution is 0.468. The molecular formula is C14H14O. The van der Waals surface area contributed by atoms with Gasteiger partial charge in [0.25, 0.3) is 0 Å². The zero-order valence-electron chi connectivity index (χ0n) is 8.72. The highest BCUT2D eigenvalue weighted by atomic mass is 16.3. The van der Waals surface area contributed by atoms with E-state index in [1.54, 1.807) is 6.07 Å². The van der Waals surface area contributed by atoms with E-state index in [1.807, 2.05) is 25.1 Å². The smallest absolute Gasteiger partial charge is 0.119 e. The molecule has 1 nitrogen and oxygen atoms in total. The first-order valence-electron chi connectivity index (χ1n) is 5.12. The molecular weight excluding hydrogens is 184 g/mol. The molecule has 0 amide bonds. The second-order valence-corrected chi connectivity index (χ2v) is 3.59. The van der Waals surface area contributed by atoms with Crippen LogP contribution < -0.4 is 0 Å². The standard InChI is InChI=1S/C14H14O/c1-2-11-7-9-12(10-8-11)13-5-3-4-6-14(13)15/h2-10,12,15H,1H3. The minimum atomic E-state index is 0.190. The first kappa shape index (κ1) is 9.78. The Balaban J connectivity index is 2.29. The van der Waals surface area contributed by atoms with E-state index in [9.17, 15) is 5.11 Å².